The number of amides is 1. The zero-order chi connectivity index (χ0) is 20.8. The van der Waals surface area contributed by atoms with Crippen molar-refractivity contribution in [3.05, 3.63) is 52.5 Å². The molecule has 0 spiro atoms. The molecule has 2 aromatic rings. The van der Waals surface area contributed by atoms with E-state index in [4.69, 9.17) is 21.1 Å². The maximum Gasteiger partial charge on any atom is 0.305 e. The van der Waals surface area contributed by atoms with Gasteiger partial charge in [0.25, 0.3) is 5.91 Å². The quantitative estimate of drug-likeness (QED) is 0.639. The molecule has 1 aliphatic heterocycles. The normalized spacial score (nSPS) is 15.0. The summed E-state index contributed by atoms with van der Waals surface area (Å²) in [6.45, 7) is 2.61. The fourth-order valence-corrected chi connectivity index (χ4v) is 3.18. The van der Waals surface area contributed by atoms with Gasteiger partial charge in [0.05, 0.1) is 19.3 Å². The molecule has 7 nitrogen and oxygen atoms in total. The van der Waals surface area contributed by atoms with Crippen LogP contribution in [0.25, 0.3) is 0 Å². The van der Waals surface area contributed by atoms with Crippen LogP contribution in [0, 0.1) is 0 Å². The third-order valence-corrected chi connectivity index (χ3v) is 4.68. The molecule has 0 aromatic heterocycles. The van der Waals surface area contributed by atoms with Gasteiger partial charge in [-0.3, -0.25) is 9.59 Å². The first kappa shape index (κ1) is 20.8. The topological polar surface area (TPSA) is 85.9 Å². The maximum absolute atomic E-state index is 12.3. The van der Waals surface area contributed by atoms with Crippen molar-refractivity contribution >= 4 is 29.2 Å². The smallest absolute Gasteiger partial charge is 0.305 e. The van der Waals surface area contributed by atoms with E-state index in [2.05, 4.69) is 15.4 Å². The molecule has 3 rings (SSSR count). The minimum Gasteiger partial charge on any atom is -0.493 e. The molecule has 1 atom stereocenters. The van der Waals surface area contributed by atoms with Crippen molar-refractivity contribution in [1.29, 1.82) is 0 Å². The van der Waals surface area contributed by atoms with Gasteiger partial charge < -0.3 is 24.8 Å². The van der Waals surface area contributed by atoms with Crippen LogP contribution in [0.15, 0.2) is 36.4 Å². The molecule has 0 radical (unpaired) electrons. The van der Waals surface area contributed by atoms with Crippen molar-refractivity contribution in [3.63, 3.8) is 0 Å². The fraction of sp³-hybridized carbons (Fsp3) is 0.333. The van der Waals surface area contributed by atoms with Crippen molar-refractivity contribution < 1.29 is 23.8 Å². The van der Waals surface area contributed by atoms with Gasteiger partial charge in [-0.15, -0.1) is 0 Å². The number of rotatable bonds is 8. The first-order valence-electron chi connectivity index (χ1n) is 9.32. The van der Waals surface area contributed by atoms with Crippen LogP contribution in [0.5, 0.6) is 11.5 Å². The Bertz CT molecular complexity index is 903. The lowest BCUT2D eigenvalue weighted by Crippen LogP contribution is -2.48. The van der Waals surface area contributed by atoms with Crippen molar-refractivity contribution in [2.45, 2.75) is 25.9 Å². The third-order valence-electron chi connectivity index (χ3n) is 4.44. The summed E-state index contributed by atoms with van der Waals surface area (Å²) in [6.07, 6.45) is 0.408. The molecular weight excluding hydrogens is 396 g/mol. The van der Waals surface area contributed by atoms with Crippen molar-refractivity contribution in [1.82, 2.24) is 5.32 Å². The summed E-state index contributed by atoms with van der Waals surface area (Å²) in [5.41, 5.74) is 2.11. The first-order valence-corrected chi connectivity index (χ1v) is 9.70. The lowest BCUT2D eigenvalue weighted by Gasteiger charge is -2.28. The molecule has 29 heavy (non-hydrogen) atoms. The van der Waals surface area contributed by atoms with Crippen LogP contribution in [-0.4, -0.2) is 38.4 Å². The number of anilines is 1. The van der Waals surface area contributed by atoms with Crippen molar-refractivity contribution in [3.8, 4) is 11.5 Å². The van der Waals surface area contributed by atoms with Crippen molar-refractivity contribution in [2.75, 3.05) is 25.6 Å². The number of fused-ring (bicyclic) bond motifs is 1. The molecule has 8 heteroatoms. The Kier molecular flexibility index (Phi) is 6.82. The van der Waals surface area contributed by atoms with Crippen LogP contribution < -0.4 is 20.1 Å². The van der Waals surface area contributed by atoms with Gasteiger partial charge in [-0.2, -0.15) is 0 Å². The molecule has 1 amide bonds. The summed E-state index contributed by atoms with van der Waals surface area (Å²) in [5.74, 6) is 0.791. The summed E-state index contributed by atoms with van der Waals surface area (Å²) < 4.78 is 16.2. The maximum atomic E-state index is 12.3. The molecule has 1 heterocycles. The van der Waals surface area contributed by atoms with E-state index < -0.39 is 0 Å². The number of hydrogen-bond acceptors (Lipinski definition) is 6. The Morgan fingerprint density at radius 1 is 1.14 bits per heavy atom. The number of aryl methyl sites for hydroxylation is 1. The number of esters is 1. The average Bonchev–Trinajstić information content (AvgIpc) is 2.72. The molecule has 2 aromatic carbocycles. The Hall–Kier alpha value is -2.93. The van der Waals surface area contributed by atoms with E-state index in [1.54, 1.807) is 24.3 Å². The van der Waals surface area contributed by atoms with Gasteiger partial charge in [-0.1, -0.05) is 17.7 Å². The number of methoxy groups -OCH3 is 1. The molecule has 1 unspecified atom stereocenters. The minimum atomic E-state index is -0.384. The standard InChI is InChI=1S/C21H23ClN2O5/c1-3-28-18-11-15(7-4-13(18)5-9-20(25)27-2)29-12-19-23-17-8-6-14(22)10-16(17)21(26)24-19/h4,6-8,10-11,19,23H,3,5,9,12H2,1-2H3,(H,24,26). The zero-order valence-electron chi connectivity index (χ0n) is 16.3. The highest BCUT2D eigenvalue weighted by Crippen LogP contribution is 2.27. The summed E-state index contributed by atoms with van der Waals surface area (Å²) in [7, 11) is 1.37. The molecule has 0 bridgehead atoms. The van der Waals surface area contributed by atoms with Gasteiger partial charge in [0, 0.05) is 23.2 Å². The second-order valence-electron chi connectivity index (χ2n) is 6.45. The van der Waals surface area contributed by atoms with Gasteiger partial charge >= 0.3 is 5.97 Å². The number of carbonyl (C=O) groups is 2. The third kappa shape index (κ3) is 5.32. The number of benzene rings is 2. The van der Waals surface area contributed by atoms with E-state index in [9.17, 15) is 9.59 Å². The molecule has 0 aliphatic carbocycles. The largest absolute Gasteiger partial charge is 0.493 e. The van der Waals surface area contributed by atoms with E-state index in [1.165, 1.54) is 7.11 Å². The molecule has 154 valence electrons. The molecular formula is C21H23ClN2O5. The second-order valence-corrected chi connectivity index (χ2v) is 6.89. The van der Waals surface area contributed by atoms with Gasteiger partial charge in [-0.05, 0) is 43.2 Å². The Labute approximate surface area is 174 Å². The van der Waals surface area contributed by atoms with E-state index >= 15 is 0 Å². The predicted octanol–water partition coefficient (Wildman–Crippen LogP) is 3.40. The SMILES string of the molecule is CCOc1cc(OCC2NC(=O)c3cc(Cl)ccc3N2)ccc1CCC(=O)OC. The highest BCUT2D eigenvalue weighted by molar-refractivity contribution is 6.31. The Balaban J connectivity index is 1.64. The average molecular weight is 419 g/mol. The van der Waals surface area contributed by atoms with Gasteiger partial charge in [0.15, 0.2) is 0 Å². The highest BCUT2D eigenvalue weighted by Gasteiger charge is 2.24. The number of carbonyl (C=O) groups excluding carboxylic acids is 2. The zero-order valence-corrected chi connectivity index (χ0v) is 17.0. The number of hydrogen-bond donors (Lipinski definition) is 2. The Morgan fingerprint density at radius 2 is 1.97 bits per heavy atom. The second kappa shape index (κ2) is 9.52. The molecule has 0 saturated heterocycles. The molecule has 0 saturated carbocycles. The summed E-state index contributed by atoms with van der Waals surface area (Å²) in [4.78, 5) is 23.7. The lowest BCUT2D eigenvalue weighted by atomic mass is 10.1. The number of halogens is 1. The van der Waals surface area contributed by atoms with Crippen LogP contribution in [-0.2, 0) is 16.0 Å². The lowest BCUT2D eigenvalue weighted by molar-refractivity contribution is -0.140. The summed E-state index contributed by atoms with van der Waals surface area (Å²) in [5, 5.41) is 6.57. The number of nitrogens with one attached hydrogen (secondary N) is 2. The Morgan fingerprint density at radius 3 is 2.72 bits per heavy atom. The number of ether oxygens (including phenoxy) is 3. The van der Waals surface area contributed by atoms with Gasteiger partial charge in [-0.25, -0.2) is 0 Å². The minimum absolute atomic E-state index is 0.206. The van der Waals surface area contributed by atoms with E-state index in [0.717, 1.165) is 5.56 Å². The van der Waals surface area contributed by atoms with Crippen LogP contribution in [0.1, 0.15) is 29.3 Å². The van der Waals surface area contributed by atoms with Gasteiger partial charge in [0.2, 0.25) is 0 Å². The predicted molar refractivity (Wildman–Crippen MR) is 110 cm³/mol. The van der Waals surface area contributed by atoms with E-state index in [0.29, 0.717) is 40.8 Å². The van der Waals surface area contributed by atoms with Crippen LogP contribution >= 0.6 is 11.6 Å². The molecule has 1 aliphatic rings. The van der Waals surface area contributed by atoms with Crippen LogP contribution in [0.2, 0.25) is 5.02 Å². The van der Waals surface area contributed by atoms with E-state index in [1.807, 2.05) is 19.1 Å². The molecule has 0 fully saturated rings. The summed E-state index contributed by atoms with van der Waals surface area (Å²) in [6, 6.07) is 10.6. The summed E-state index contributed by atoms with van der Waals surface area (Å²) >= 11 is 5.95. The van der Waals surface area contributed by atoms with E-state index in [-0.39, 0.29) is 31.1 Å². The van der Waals surface area contributed by atoms with Crippen molar-refractivity contribution in [2.24, 2.45) is 0 Å². The molecule has 2 N–H and O–H groups in total. The first-order chi connectivity index (χ1) is 14.0. The monoisotopic (exact) mass is 418 g/mol. The van der Waals surface area contributed by atoms with Gasteiger partial charge in [0.1, 0.15) is 24.3 Å². The van der Waals surface area contributed by atoms with Crippen LogP contribution in [0.4, 0.5) is 5.69 Å². The fourth-order valence-electron chi connectivity index (χ4n) is 3.01. The van der Waals surface area contributed by atoms with Crippen LogP contribution in [0.3, 0.4) is 0 Å². The highest BCUT2D eigenvalue weighted by atomic mass is 35.5.